The van der Waals surface area contributed by atoms with Crippen molar-refractivity contribution in [1.29, 1.82) is 0 Å². The summed E-state index contributed by atoms with van der Waals surface area (Å²) in [5, 5.41) is 0.361. The molecule has 2 aromatic carbocycles. The summed E-state index contributed by atoms with van der Waals surface area (Å²) in [4.78, 5) is 0. The topological polar surface area (TPSA) is 35.2 Å². The Bertz CT molecular complexity index is 634. The molecule has 2 aromatic rings. The highest BCUT2D eigenvalue weighted by Crippen LogP contribution is 2.28. The van der Waals surface area contributed by atoms with Crippen molar-refractivity contribution in [3.8, 4) is 5.75 Å². The Kier molecular flexibility index (Phi) is 5.62. The summed E-state index contributed by atoms with van der Waals surface area (Å²) in [5.41, 5.74) is 7.67. The van der Waals surface area contributed by atoms with E-state index < -0.39 is 0 Å². The van der Waals surface area contributed by atoms with Crippen LogP contribution in [0.3, 0.4) is 0 Å². The molecule has 112 valence electrons. The Labute approximate surface area is 137 Å². The molecule has 0 aliphatic carbocycles. The first-order chi connectivity index (χ1) is 9.95. The van der Waals surface area contributed by atoms with Crippen LogP contribution >= 0.6 is 27.5 Å². The van der Waals surface area contributed by atoms with E-state index in [9.17, 15) is 4.39 Å². The molecule has 1 atom stereocenters. The van der Waals surface area contributed by atoms with E-state index in [2.05, 4.69) is 15.9 Å². The highest BCUT2D eigenvalue weighted by Gasteiger charge is 2.07. The van der Waals surface area contributed by atoms with Gasteiger partial charge in [-0.2, -0.15) is 0 Å². The Morgan fingerprint density at radius 2 is 2.05 bits per heavy atom. The van der Waals surface area contributed by atoms with Gasteiger partial charge in [-0.1, -0.05) is 23.7 Å². The molecule has 0 saturated heterocycles. The maximum Gasteiger partial charge on any atom is 0.134 e. The van der Waals surface area contributed by atoms with Gasteiger partial charge < -0.3 is 10.5 Å². The molecule has 0 aliphatic rings. The van der Waals surface area contributed by atoms with Gasteiger partial charge in [-0.15, -0.1) is 0 Å². The Balaban J connectivity index is 2.06. The molecule has 0 aliphatic heterocycles. The summed E-state index contributed by atoms with van der Waals surface area (Å²) >= 11 is 9.45. The average molecular weight is 373 g/mol. The van der Waals surface area contributed by atoms with Crippen LogP contribution in [-0.2, 0) is 13.0 Å². The molecule has 2 rings (SSSR count). The van der Waals surface area contributed by atoms with E-state index in [-0.39, 0.29) is 18.5 Å². The molecule has 0 amide bonds. The van der Waals surface area contributed by atoms with Gasteiger partial charge in [-0.05, 0) is 59.1 Å². The van der Waals surface area contributed by atoms with E-state index in [1.165, 1.54) is 12.1 Å². The van der Waals surface area contributed by atoms with E-state index in [1.807, 2.05) is 25.1 Å². The second-order valence-electron chi connectivity index (χ2n) is 4.97. The fourth-order valence-electron chi connectivity index (χ4n) is 1.95. The van der Waals surface area contributed by atoms with Gasteiger partial charge in [0, 0.05) is 11.6 Å². The minimum atomic E-state index is -0.356. The first kappa shape index (κ1) is 16.3. The minimum absolute atomic E-state index is 0.113. The van der Waals surface area contributed by atoms with Gasteiger partial charge in [-0.3, -0.25) is 0 Å². The second kappa shape index (κ2) is 7.25. The van der Waals surface area contributed by atoms with Gasteiger partial charge in [0.2, 0.25) is 0 Å². The monoisotopic (exact) mass is 371 g/mol. The van der Waals surface area contributed by atoms with Crippen LogP contribution in [0.2, 0.25) is 5.02 Å². The van der Waals surface area contributed by atoms with Crippen molar-refractivity contribution in [2.24, 2.45) is 5.73 Å². The maximum atomic E-state index is 13.0. The molecule has 0 spiro atoms. The summed E-state index contributed by atoms with van der Waals surface area (Å²) in [5.74, 6) is 0.356. The summed E-state index contributed by atoms with van der Waals surface area (Å²) in [6.07, 6.45) is 0.808. The second-order valence-corrected chi connectivity index (χ2v) is 6.23. The standard InChI is InChI=1S/C16H16BrClFNO/c1-10(20)6-11-2-5-16(14(17)7-11)21-9-12-3-4-13(19)8-15(12)18/h2-5,7-8,10H,6,9,20H2,1H3. The lowest BCUT2D eigenvalue weighted by atomic mass is 10.1. The predicted molar refractivity (Wildman–Crippen MR) is 87.2 cm³/mol. The third-order valence-electron chi connectivity index (χ3n) is 2.95. The van der Waals surface area contributed by atoms with Crippen molar-refractivity contribution in [3.05, 3.63) is 62.8 Å². The zero-order chi connectivity index (χ0) is 15.4. The van der Waals surface area contributed by atoms with Crippen molar-refractivity contribution in [2.45, 2.75) is 26.0 Å². The van der Waals surface area contributed by atoms with Crippen LogP contribution in [0.15, 0.2) is 40.9 Å². The number of halogens is 3. The highest BCUT2D eigenvalue weighted by molar-refractivity contribution is 9.10. The lowest BCUT2D eigenvalue weighted by Crippen LogP contribution is -2.17. The van der Waals surface area contributed by atoms with Crippen LogP contribution < -0.4 is 10.5 Å². The number of nitrogens with two attached hydrogens (primary N) is 1. The molecule has 21 heavy (non-hydrogen) atoms. The molecule has 0 saturated carbocycles. The SMILES string of the molecule is CC(N)Cc1ccc(OCc2ccc(F)cc2Cl)c(Br)c1. The van der Waals surface area contributed by atoms with E-state index in [1.54, 1.807) is 6.07 Å². The molecule has 0 bridgehead atoms. The zero-order valence-corrected chi connectivity index (χ0v) is 13.9. The fourth-order valence-corrected chi connectivity index (χ4v) is 2.72. The number of rotatable bonds is 5. The van der Waals surface area contributed by atoms with Gasteiger partial charge in [0.15, 0.2) is 0 Å². The van der Waals surface area contributed by atoms with Crippen molar-refractivity contribution >= 4 is 27.5 Å². The fraction of sp³-hybridized carbons (Fsp3) is 0.250. The van der Waals surface area contributed by atoms with E-state index in [0.29, 0.717) is 10.8 Å². The normalized spacial score (nSPS) is 12.2. The number of ether oxygens (including phenoxy) is 1. The largest absolute Gasteiger partial charge is 0.488 e. The summed E-state index contributed by atoms with van der Waals surface area (Å²) in [7, 11) is 0. The lowest BCUT2D eigenvalue weighted by Gasteiger charge is -2.12. The third-order valence-corrected chi connectivity index (χ3v) is 3.92. The van der Waals surface area contributed by atoms with Gasteiger partial charge >= 0.3 is 0 Å². The number of hydrogen-bond donors (Lipinski definition) is 1. The Morgan fingerprint density at radius 1 is 1.29 bits per heavy atom. The van der Waals surface area contributed by atoms with Crippen LogP contribution in [-0.4, -0.2) is 6.04 Å². The molecule has 0 radical (unpaired) electrons. The van der Waals surface area contributed by atoms with E-state index >= 15 is 0 Å². The first-order valence-corrected chi connectivity index (χ1v) is 7.73. The quantitative estimate of drug-likeness (QED) is 0.825. The van der Waals surface area contributed by atoms with Gasteiger partial charge in [0.05, 0.1) is 9.50 Å². The van der Waals surface area contributed by atoms with Crippen LogP contribution in [0.4, 0.5) is 4.39 Å². The predicted octanol–water partition coefficient (Wildman–Crippen LogP) is 4.71. The Morgan fingerprint density at radius 3 is 2.67 bits per heavy atom. The molecular weight excluding hydrogens is 357 g/mol. The van der Waals surface area contributed by atoms with Crippen molar-refractivity contribution in [2.75, 3.05) is 0 Å². The molecule has 5 heteroatoms. The molecular formula is C16H16BrClFNO. The Hall–Kier alpha value is -1.10. The molecule has 0 heterocycles. The lowest BCUT2D eigenvalue weighted by molar-refractivity contribution is 0.304. The van der Waals surface area contributed by atoms with Crippen molar-refractivity contribution in [1.82, 2.24) is 0 Å². The smallest absolute Gasteiger partial charge is 0.134 e. The summed E-state index contributed by atoms with van der Waals surface area (Å²) in [6, 6.07) is 10.2. The van der Waals surface area contributed by atoms with Gasteiger partial charge in [0.1, 0.15) is 18.2 Å². The number of hydrogen-bond acceptors (Lipinski definition) is 2. The van der Waals surface area contributed by atoms with Crippen LogP contribution in [0.25, 0.3) is 0 Å². The third kappa shape index (κ3) is 4.70. The first-order valence-electron chi connectivity index (χ1n) is 6.56. The van der Waals surface area contributed by atoms with Gasteiger partial charge in [0.25, 0.3) is 0 Å². The van der Waals surface area contributed by atoms with Crippen molar-refractivity contribution in [3.63, 3.8) is 0 Å². The summed E-state index contributed by atoms with van der Waals surface area (Å²) < 4.78 is 19.6. The highest BCUT2D eigenvalue weighted by atomic mass is 79.9. The molecule has 2 N–H and O–H groups in total. The zero-order valence-electron chi connectivity index (χ0n) is 11.6. The van der Waals surface area contributed by atoms with E-state index in [0.717, 1.165) is 22.0 Å². The molecule has 0 fully saturated rings. The van der Waals surface area contributed by atoms with Gasteiger partial charge in [-0.25, -0.2) is 4.39 Å². The molecule has 0 aromatic heterocycles. The van der Waals surface area contributed by atoms with E-state index in [4.69, 9.17) is 22.1 Å². The number of benzene rings is 2. The molecule has 1 unspecified atom stereocenters. The summed E-state index contributed by atoms with van der Waals surface area (Å²) in [6.45, 7) is 2.25. The van der Waals surface area contributed by atoms with Crippen molar-refractivity contribution < 1.29 is 9.13 Å². The molecule has 2 nitrogen and oxygen atoms in total. The van der Waals surface area contributed by atoms with Crippen LogP contribution in [0.1, 0.15) is 18.1 Å². The van der Waals surface area contributed by atoms with Crippen LogP contribution in [0, 0.1) is 5.82 Å². The maximum absolute atomic E-state index is 13.0. The average Bonchev–Trinajstić information content (AvgIpc) is 2.39. The minimum Gasteiger partial charge on any atom is -0.488 e. The van der Waals surface area contributed by atoms with Crippen LogP contribution in [0.5, 0.6) is 5.75 Å².